The van der Waals surface area contributed by atoms with Crippen molar-refractivity contribution in [1.82, 2.24) is 9.55 Å². The fourth-order valence-electron chi connectivity index (χ4n) is 2.43. The van der Waals surface area contributed by atoms with Gasteiger partial charge in [0.1, 0.15) is 0 Å². The third-order valence-electron chi connectivity index (χ3n) is 3.68. The quantitative estimate of drug-likeness (QED) is 0.755. The first-order valence-corrected chi connectivity index (χ1v) is 7.42. The van der Waals surface area contributed by atoms with Gasteiger partial charge in [0.15, 0.2) is 0 Å². The minimum absolute atomic E-state index is 0.0618. The Morgan fingerprint density at radius 3 is 2.82 bits per heavy atom. The highest BCUT2D eigenvalue weighted by Crippen LogP contribution is 2.18. The number of aromatic nitrogens is 2. The highest BCUT2D eigenvalue weighted by Gasteiger charge is 2.06. The number of halogens is 1. The monoisotopic (exact) mass is 313 g/mol. The van der Waals surface area contributed by atoms with E-state index in [4.69, 9.17) is 17.3 Å². The van der Waals surface area contributed by atoms with Crippen LogP contribution in [0.15, 0.2) is 47.5 Å². The van der Waals surface area contributed by atoms with Gasteiger partial charge in [0.25, 0.3) is 5.56 Å². The number of hydrogen-bond acceptors (Lipinski definition) is 3. The normalized spacial score (nSPS) is 11.0. The molecule has 0 bridgehead atoms. The van der Waals surface area contributed by atoms with Crippen molar-refractivity contribution in [1.29, 1.82) is 0 Å². The number of rotatable bonds is 3. The van der Waals surface area contributed by atoms with E-state index >= 15 is 0 Å². The van der Waals surface area contributed by atoms with Crippen LogP contribution in [-0.4, -0.2) is 9.55 Å². The minimum Gasteiger partial charge on any atom is -0.399 e. The Morgan fingerprint density at radius 2 is 2.05 bits per heavy atom. The number of nitrogens with zero attached hydrogens (tertiary/aromatic N) is 2. The van der Waals surface area contributed by atoms with E-state index in [0.717, 1.165) is 16.1 Å². The molecule has 5 heteroatoms. The second-order valence-electron chi connectivity index (χ2n) is 5.36. The van der Waals surface area contributed by atoms with Crippen molar-refractivity contribution in [2.75, 3.05) is 5.73 Å². The molecule has 0 spiro atoms. The Kier molecular flexibility index (Phi) is 3.86. The van der Waals surface area contributed by atoms with Gasteiger partial charge in [0.05, 0.1) is 17.2 Å². The lowest BCUT2D eigenvalue weighted by atomic mass is 10.1. The average Bonchev–Trinajstić information content (AvgIpc) is 2.48. The Labute approximate surface area is 133 Å². The summed E-state index contributed by atoms with van der Waals surface area (Å²) >= 11 is 6.23. The second kappa shape index (κ2) is 5.81. The maximum atomic E-state index is 12.4. The summed E-state index contributed by atoms with van der Waals surface area (Å²) in [5.41, 5.74) is 9.02. The summed E-state index contributed by atoms with van der Waals surface area (Å²) < 4.78 is 1.61. The minimum atomic E-state index is -0.0618. The summed E-state index contributed by atoms with van der Waals surface area (Å²) in [6.07, 6.45) is 2.24. The number of aryl methyl sites for hydroxylation is 3. The standard InChI is InChI=1S/C17H16ClN3O/c1-11-2-3-12(15(18)8-11)6-7-21-10-20-16-9-13(19)4-5-14(16)17(21)22/h2-5,8-10H,6-7,19H2,1H3. The largest absolute Gasteiger partial charge is 0.399 e. The molecule has 0 aliphatic rings. The Hall–Kier alpha value is -2.33. The Morgan fingerprint density at radius 1 is 1.23 bits per heavy atom. The fraction of sp³-hybridized carbons (Fsp3) is 0.176. The van der Waals surface area contributed by atoms with Crippen LogP contribution >= 0.6 is 11.6 Å². The number of benzene rings is 2. The number of anilines is 1. The van der Waals surface area contributed by atoms with Crippen LogP contribution < -0.4 is 11.3 Å². The lowest BCUT2D eigenvalue weighted by Crippen LogP contribution is -2.21. The maximum absolute atomic E-state index is 12.4. The van der Waals surface area contributed by atoms with E-state index in [1.54, 1.807) is 29.1 Å². The zero-order valence-corrected chi connectivity index (χ0v) is 13.0. The third kappa shape index (κ3) is 2.83. The van der Waals surface area contributed by atoms with Crippen molar-refractivity contribution < 1.29 is 0 Å². The summed E-state index contributed by atoms with van der Waals surface area (Å²) in [6.45, 7) is 2.54. The molecule has 2 N–H and O–H groups in total. The SMILES string of the molecule is Cc1ccc(CCn2cnc3cc(N)ccc3c2=O)c(Cl)c1. The van der Waals surface area contributed by atoms with E-state index in [1.807, 2.05) is 25.1 Å². The van der Waals surface area contributed by atoms with Crippen LogP contribution in [-0.2, 0) is 13.0 Å². The first-order valence-electron chi connectivity index (χ1n) is 7.04. The van der Waals surface area contributed by atoms with Crippen LogP contribution in [0.1, 0.15) is 11.1 Å². The van der Waals surface area contributed by atoms with Gasteiger partial charge in [-0.25, -0.2) is 4.98 Å². The topological polar surface area (TPSA) is 60.9 Å². The first kappa shape index (κ1) is 14.6. The number of nitrogen functional groups attached to an aromatic ring is 1. The van der Waals surface area contributed by atoms with E-state index < -0.39 is 0 Å². The maximum Gasteiger partial charge on any atom is 0.261 e. The molecule has 0 fully saturated rings. The van der Waals surface area contributed by atoms with Crippen LogP contribution in [0.25, 0.3) is 10.9 Å². The molecule has 1 heterocycles. The Balaban J connectivity index is 1.89. The van der Waals surface area contributed by atoms with E-state index in [0.29, 0.717) is 29.6 Å². The number of hydrogen-bond donors (Lipinski definition) is 1. The molecule has 1 aromatic heterocycles. The molecule has 2 aromatic carbocycles. The van der Waals surface area contributed by atoms with E-state index in [1.165, 1.54) is 0 Å². The molecule has 0 aliphatic carbocycles. The zero-order chi connectivity index (χ0) is 15.7. The Bertz CT molecular complexity index is 902. The molecular formula is C17H16ClN3O. The third-order valence-corrected chi connectivity index (χ3v) is 4.03. The number of fused-ring (bicyclic) bond motifs is 1. The number of nitrogens with two attached hydrogens (primary N) is 1. The molecule has 112 valence electrons. The molecule has 3 aromatic rings. The van der Waals surface area contributed by atoms with Gasteiger partial charge in [0.2, 0.25) is 0 Å². The molecule has 0 saturated heterocycles. The van der Waals surface area contributed by atoms with Crippen LogP contribution in [0, 0.1) is 6.92 Å². The van der Waals surface area contributed by atoms with Gasteiger partial charge in [-0.2, -0.15) is 0 Å². The molecule has 0 unspecified atom stereocenters. The summed E-state index contributed by atoms with van der Waals surface area (Å²) in [6, 6.07) is 11.1. The van der Waals surface area contributed by atoms with Crippen molar-refractivity contribution in [2.45, 2.75) is 19.9 Å². The molecule has 0 atom stereocenters. The molecule has 3 rings (SSSR count). The van der Waals surface area contributed by atoms with Gasteiger partial charge >= 0.3 is 0 Å². The van der Waals surface area contributed by atoms with E-state index in [-0.39, 0.29) is 5.56 Å². The van der Waals surface area contributed by atoms with Crippen LogP contribution in [0.2, 0.25) is 5.02 Å². The van der Waals surface area contributed by atoms with Gasteiger partial charge in [0, 0.05) is 17.3 Å². The molecule has 0 radical (unpaired) electrons. The lowest BCUT2D eigenvalue weighted by Gasteiger charge is -2.09. The molecule has 0 aliphatic heterocycles. The lowest BCUT2D eigenvalue weighted by molar-refractivity contribution is 0.662. The summed E-state index contributed by atoms with van der Waals surface area (Å²) in [5, 5.41) is 1.31. The predicted octanol–water partition coefficient (Wildman–Crippen LogP) is 3.18. The van der Waals surface area contributed by atoms with Crippen molar-refractivity contribution in [2.24, 2.45) is 0 Å². The van der Waals surface area contributed by atoms with Gasteiger partial charge in [-0.15, -0.1) is 0 Å². The van der Waals surface area contributed by atoms with Gasteiger partial charge in [-0.1, -0.05) is 23.7 Å². The summed E-state index contributed by atoms with van der Waals surface area (Å²) in [4.78, 5) is 16.8. The van der Waals surface area contributed by atoms with Gasteiger partial charge in [-0.05, 0) is 48.7 Å². The highest BCUT2D eigenvalue weighted by atomic mass is 35.5. The highest BCUT2D eigenvalue weighted by molar-refractivity contribution is 6.31. The molecule has 0 saturated carbocycles. The first-order chi connectivity index (χ1) is 10.5. The molecule has 0 amide bonds. The molecule has 4 nitrogen and oxygen atoms in total. The summed E-state index contributed by atoms with van der Waals surface area (Å²) in [5.74, 6) is 0. The van der Waals surface area contributed by atoms with E-state index in [9.17, 15) is 4.79 Å². The average molecular weight is 314 g/mol. The zero-order valence-electron chi connectivity index (χ0n) is 12.2. The van der Waals surface area contributed by atoms with Crippen LogP contribution in [0.5, 0.6) is 0 Å². The van der Waals surface area contributed by atoms with Crippen molar-refractivity contribution in [3.8, 4) is 0 Å². The molecule has 22 heavy (non-hydrogen) atoms. The fourth-order valence-corrected chi connectivity index (χ4v) is 2.76. The smallest absolute Gasteiger partial charge is 0.261 e. The predicted molar refractivity (Wildman–Crippen MR) is 90.3 cm³/mol. The molecular weight excluding hydrogens is 298 g/mol. The van der Waals surface area contributed by atoms with Crippen molar-refractivity contribution in [3.05, 3.63) is 69.2 Å². The van der Waals surface area contributed by atoms with Crippen LogP contribution in [0.4, 0.5) is 5.69 Å². The van der Waals surface area contributed by atoms with Crippen molar-refractivity contribution in [3.63, 3.8) is 0 Å². The van der Waals surface area contributed by atoms with Crippen LogP contribution in [0.3, 0.4) is 0 Å². The van der Waals surface area contributed by atoms with E-state index in [2.05, 4.69) is 4.98 Å². The summed E-state index contributed by atoms with van der Waals surface area (Å²) in [7, 11) is 0. The van der Waals surface area contributed by atoms with Gasteiger partial charge < -0.3 is 5.73 Å². The second-order valence-corrected chi connectivity index (χ2v) is 5.77. The van der Waals surface area contributed by atoms with Crippen molar-refractivity contribution >= 4 is 28.2 Å². The van der Waals surface area contributed by atoms with Gasteiger partial charge in [-0.3, -0.25) is 9.36 Å².